The number of benzene rings is 1. The van der Waals surface area contributed by atoms with E-state index in [1.165, 1.54) is 17.2 Å². The van der Waals surface area contributed by atoms with E-state index in [1.807, 2.05) is 0 Å². The summed E-state index contributed by atoms with van der Waals surface area (Å²) in [6, 6.07) is 11.7. The normalized spacial score (nSPS) is 14.5. The fourth-order valence-corrected chi connectivity index (χ4v) is 2.54. The zero-order valence-electron chi connectivity index (χ0n) is 10.7. The molecule has 19 heavy (non-hydrogen) atoms. The van der Waals surface area contributed by atoms with Crippen molar-refractivity contribution < 1.29 is 0 Å². The van der Waals surface area contributed by atoms with Gasteiger partial charge in [-0.25, -0.2) is 0 Å². The van der Waals surface area contributed by atoms with E-state index in [0.717, 1.165) is 19.6 Å². The minimum Gasteiger partial charge on any atom is -0.398 e. The third kappa shape index (κ3) is 2.53. The maximum Gasteiger partial charge on any atom is 0.250 e. The Morgan fingerprint density at radius 1 is 1.00 bits per heavy atom. The maximum atomic E-state index is 11.7. The SMILES string of the molecule is Nc1ccc(=O)n(CCN2Cc3ccccc3C2)c1. The van der Waals surface area contributed by atoms with E-state index in [4.69, 9.17) is 5.73 Å². The van der Waals surface area contributed by atoms with E-state index in [1.54, 1.807) is 16.8 Å². The highest BCUT2D eigenvalue weighted by molar-refractivity contribution is 5.33. The van der Waals surface area contributed by atoms with E-state index in [-0.39, 0.29) is 5.56 Å². The number of nitrogens with zero attached hydrogens (tertiary/aromatic N) is 2. The van der Waals surface area contributed by atoms with Crippen LogP contribution >= 0.6 is 0 Å². The van der Waals surface area contributed by atoms with E-state index in [0.29, 0.717) is 12.2 Å². The molecule has 1 aliphatic heterocycles. The quantitative estimate of drug-likeness (QED) is 0.903. The molecule has 4 nitrogen and oxygen atoms in total. The highest BCUT2D eigenvalue weighted by atomic mass is 16.1. The summed E-state index contributed by atoms with van der Waals surface area (Å²) in [5.74, 6) is 0. The fourth-order valence-electron chi connectivity index (χ4n) is 2.54. The summed E-state index contributed by atoms with van der Waals surface area (Å²) < 4.78 is 1.68. The van der Waals surface area contributed by atoms with Crippen molar-refractivity contribution in [3.05, 3.63) is 64.1 Å². The van der Waals surface area contributed by atoms with Gasteiger partial charge >= 0.3 is 0 Å². The molecule has 0 atom stereocenters. The Morgan fingerprint density at radius 3 is 2.37 bits per heavy atom. The summed E-state index contributed by atoms with van der Waals surface area (Å²) in [7, 11) is 0. The van der Waals surface area contributed by atoms with Gasteiger partial charge in [0, 0.05) is 44.1 Å². The maximum absolute atomic E-state index is 11.7. The van der Waals surface area contributed by atoms with Crippen molar-refractivity contribution in [1.82, 2.24) is 9.47 Å². The van der Waals surface area contributed by atoms with E-state index >= 15 is 0 Å². The molecule has 2 N–H and O–H groups in total. The molecule has 0 unspecified atom stereocenters. The van der Waals surface area contributed by atoms with E-state index in [9.17, 15) is 4.79 Å². The standard InChI is InChI=1S/C15H17N3O/c16-14-5-6-15(19)18(11-14)8-7-17-9-12-3-1-2-4-13(12)10-17/h1-6,11H,7-10,16H2. The van der Waals surface area contributed by atoms with Crippen LogP contribution in [0.5, 0.6) is 0 Å². The molecule has 3 rings (SSSR count). The van der Waals surface area contributed by atoms with Crippen molar-refractivity contribution in [3.63, 3.8) is 0 Å². The Morgan fingerprint density at radius 2 is 1.68 bits per heavy atom. The lowest BCUT2D eigenvalue weighted by atomic mass is 10.1. The highest BCUT2D eigenvalue weighted by Gasteiger charge is 2.17. The van der Waals surface area contributed by atoms with Crippen LogP contribution in [-0.4, -0.2) is 16.0 Å². The molecule has 0 spiro atoms. The summed E-state index contributed by atoms with van der Waals surface area (Å²) >= 11 is 0. The molecule has 4 heteroatoms. The molecule has 98 valence electrons. The van der Waals surface area contributed by atoms with Crippen LogP contribution in [0.4, 0.5) is 5.69 Å². The number of nitrogen functional groups attached to an aromatic ring is 1. The summed E-state index contributed by atoms with van der Waals surface area (Å²) in [6.07, 6.45) is 1.71. The zero-order valence-corrected chi connectivity index (χ0v) is 10.7. The predicted octanol–water partition coefficient (Wildman–Crippen LogP) is 1.45. The van der Waals surface area contributed by atoms with Crippen molar-refractivity contribution in [2.75, 3.05) is 12.3 Å². The van der Waals surface area contributed by atoms with Gasteiger partial charge in [0.1, 0.15) is 0 Å². The van der Waals surface area contributed by atoms with Gasteiger partial charge in [-0.05, 0) is 17.2 Å². The molecular weight excluding hydrogens is 238 g/mol. The molecule has 0 radical (unpaired) electrons. The van der Waals surface area contributed by atoms with Crippen LogP contribution in [0.2, 0.25) is 0 Å². The van der Waals surface area contributed by atoms with Crippen LogP contribution in [0.25, 0.3) is 0 Å². The minimum atomic E-state index is 0.00547. The van der Waals surface area contributed by atoms with Crippen LogP contribution in [0.1, 0.15) is 11.1 Å². The largest absolute Gasteiger partial charge is 0.398 e. The molecule has 2 heterocycles. The fraction of sp³-hybridized carbons (Fsp3) is 0.267. The number of fused-ring (bicyclic) bond motifs is 1. The van der Waals surface area contributed by atoms with Crippen LogP contribution in [0.15, 0.2) is 47.4 Å². The zero-order chi connectivity index (χ0) is 13.2. The van der Waals surface area contributed by atoms with Crippen LogP contribution in [0.3, 0.4) is 0 Å². The molecule has 0 saturated carbocycles. The van der Waals surface area contributed by atoms with Gasteiger partial charge in [-0.2, -0.15) is 0 Å². The summed E-state index contributed by atoms with van der Waals surface area (Å²) in [6.45, 7) is 3.47. The Kier molecular flexibility index (Phi) is 3.09. The Balaban J connectivity index is 1.66. The van der Waals surface area contributed by atoms with Gasteiger partial charge in [0.05, 0.1) is 0 Å². The number of pyridine rings is 1. The van der Waals surface area contributed by atoms with Crippen molar-refractivity contribution >= 4 is 5.69 Å². The lowest BCUT2D eigenvalue weighted by molar-refractivity contribution is 0.270. The number of rotatable bonds is 3. The van der Waals surface area contributed by atoms with Crippen molar-refractivity contribution in [1.29, 1.82) is 0 Å². The first-order valence-corrected chi connectivity index (χ1v) is 6.47. The molecular formula is C15H17N3O. The van der Waals surface area contributed by atoms with Crippen LogP contribution in [-0.2, 0) is 19.6 Å². The smallest absolute Gasteiger partial charge is 0.250 e. The van der Waals surface area contributed by atoms with Gasteiger partial charge in [-0.1, -0.05) is 24.3 Å². The number of anilines is 1. The molecule has 2 aromatic rings. The van der Waals surface area contributed by atoms with Gasteiger partial charge in [0.2, 0.25) is 0 Å². The molecule has 1 aromatic heterocycles. The molecule has 0 saturated heterocycles. The first kappa shape index (κ1) is 12.0. The second kappa shape index (κ2) is 4.90. The molecule has 0 fully saturated rings. The Bertz CT molecular complexity index is 623. The Hall–Kier alpha value is -2.07. The van der Waals surface area contributed by atoms with Gasteiger partial charge in [0.15, 0.2) is 0 Å². The minimum absolute atomic E-state index is 0.00547. The molecule has 1 aliphatic rings. The highest BCUT2D eigenvalue weighted by Crippen LogP contribution is 2.21. The van der Waals surface area contributed by atoms with E-state index in [2.05, 4.69) is 29.2 Å². The average molecular weight is 255 g/mol. The molecule has 0 aliphatic carbocycles. The van der Waals surface area contributed by atoms with E-state index < -0.39 is 0 Å². The monoisotopic (exact) mass is 255 g/mol. The second-order valence-corrected chi connectivity index (χ2v) is 4.97. The third-order valence-corrected chi connectivity index (χ3v) is 3.57. The van der Waals surface area contributed by atoms with Gasteiger partial charge < -0.3 is 10.3 Å². The third-order valence-electron chi connectivity index (χ3n) is 3.57. The van der Waals surface area contributed by atoms with Crippen LogP contribution in [0, 0.1) is 0 Å². The van der Waals surface area contributed by atoms with Crippen molar-refractivity contribution in [3.8, 4) is 0 Å². The number of hydrogen-bond donors (Lipinski definition) is 1. The number of nitrogens with two attached hydrogens (primary N) is 1. The first-order valence-electron chi connectivity index (χ1n) is 6.47. The molecule has 0 bridgehead atoms. The number of aromatic nitrogens is 1. The van der Waals surface area contributed by atoms with Gasteiger partial charge in [0.25, 0.3) is 5.56 Å². The van der Waals surface area contributed by atoms with Gasteiger partial charge in [-0.3, -0.25) is 9.69 Å². The number of hydrogen-bond acceptors (Lipinski definition) is 3. The molecule has 0 amide bonds. The summed E-state index contributed by atoms with van der Waals surface area (Å²) in [5.41, 5.74) is 9.12. The topological polar surface area (TPSA) is 51.3 Å². The summed E-state index contributed by atoms with van der Waals surface area (Å²) in [4.78, 5) is 14.0. The van der Waals surface area contributed by atoms with Gasteiger partial charge in [-0.15, -0.1) is 0 Å². The van der Waals surface area contributed by atoms with Crippen molar-refractivity contribution in [2.24, 2.45) is 0 Å². The predicted molar refractivity (Wildman–Crippen MR) is 75.7 cm³/mol. The lowest BCUT2D eigenvalue weighted by Gasteiger charge is -2.15. The Labute approximate surface area is 112 Å². The van der Waals surface area contributed by atoms with Crippen molar-refractivity contribution in [2.45, 2.75) is 19.6 Å². The molecule has 1 aromatic carbocycles. The average Bonchev–Trinajstić information content (AvgIpc) is 2.82. The second-order valence-electron chi connectivity index (χ2n) is 4.97. The summed E-state index contributed by atoms with van der Waals surface area (Å²) in [5, 5.41) is 0. The first-order chi connectivity index (χ1) is 9.22. The van der Waals surface area contributed by atoms with Crippen LogP contribution < -0.4 is 11.3 Å². The lowest BCUT2D eigenvalue weighted by Crippen LogP contribution is -2.27.